The van der Waals surface area contributed by atoms with Crippen LogP contribution in [0.25, 0.3) is 11.3 Å². The lowest BCUT2D eigenvalue weighted by atomic mass is 10.1. The van der Waals surface area contributed by atoms with Crippen LogP contribution in [0.4, 0.5) is 5.13 Å². The van der Waals surface area contributed by atoms with Gasteiger partial charge in [0.25, 0.3) is 5.91 Å². The van der Waals surface area contributed by atoms with Gasteiger partial charge < -0.3 is 14.9 Å². The summed E-state index contributed by atoms with van der Waals surface area (Å²) in [5, 5.41) is 9.82. The van der Waals surface area contributed by atoms with Gasteiger partial charge >= 0.3 is 5.97 Å². The topological polar surface area (TPSA) is 73.7 Å². The van der Waals surface area contributed by atoms with E-state index in [9.17, 15) is 9.59 Å². The molecule has 1 aromatic heterocycles. The predicted octanol–water partition coefficient (Wildman–Crippen LogP) is 4.30. The number of rotatable bonds is 8. The molecule has 0 bridgehead atoms. The van der Waals surface area contributed by atoms with Crippen molar-refractivity contribution in [3.63, 3.8) is 0 Å². The third kappa shape index (κ3) is 5.04. The molecule has 0 saturated heterocycles. The molecule has 2 aromatic carbocycles. The quantitative estimate of drug-likeness (QED) is 0.585. The lowest BCUT2D eigenvalue weighted by Crippen LogP contribution is -2.31. The van der Waals surface area contributed by atoms with E-state index in [1.54, 1.807) is 23.5 Å². The molecule has 7 heteroatoms. The molecule has 0 unspecified atom stereocenters. The van der Waals surface area contributed by atoms with E-state index in [-0.39, 0.29) is 12.5 Å². The summed E-state index contributed by atoms with van der Waals surface area (Å²) in [5.74, 6) is -1.34. The largest absolute Gasteiger partial charge is 0.480 e. The van der Waals surface area contributed by atoms with Gasteiger partial charge in [-0.15, -0.1) is 11.3 Å². The van der Waals surface area contributed by atoms with E-state index in [4.69, 9.17) is 10.1 Å². The second-order valence-corrected chi connectivity index (χ2v) is 8.21. The molecular weight excluding hydrogens is 398 g/mol. The second kappa shape index (κ2) is 9.54. The minimum Gasteiger partial charge on any atom is -0.480 e. The van der Waals surface area contributed by atoms with Crippen molar-refractivity contribution in [2.45, 2.75) is 20.4 Å². The number of nitrogens with zero attached hydrogens (tertiary/aromatic N) is 3. The van der Waals surface area contributed by atoms with Crippen LogP contribution in [-0.4, -0.2) is 47.0 Å². The average molecular weight is 424 g/mol. The van der Waals surface area contributed by atoms with E-state index in [0.717, 1.165) is 28.5 Å². The Hall–Kier alpha value is -3.19. The third-order valence-electron chi connectivity index (χ3n) is 4.78. The fourth-order valence-electron chi connectivity index (χ4n) is 3.16. The van der Waals surface area contributed by atoms with Crippen molar-refractivity contribution in [3.05, 3.63) is 70.6 Å². The van der Waals surface area contributed by atoms with Crippen molar-refractivity contribution in [2.75, 3.05) is 25.0 Å². The van der Waals surface area contributed by atoms with E-state index >= 15 is 0 Å². The Morgan fingerprint density at radius 1 is 1.07 bits per heavy atom. The molecule has 3 aromatic rings. The minimum atomic E-state index is -1.03. The Balaban J connectivity index is 1.74. The van der Waals surface area contributed by atoms with E-state index in [1.807, 2.05) is 30.3 Å². The summed E-state index contributed by atoms with van der Waals surface area (Å²) in [5.41, 5.74) is 3.66. The van der Waals surface area contributed by atoms with Gasteiger partial charge in [0, 0.05) is 36.1 Å². The fourth-order valence-corrected chi connectivity index (χ4v) is 4.16. The molecule has 0 fully saturated rings. The van der Waals surface area contributed by atoms with Crippen molar-refractivity contribution in [1.82, 2.24) is 9.88 Å². The Morgan fingerprint density at radius 3 is 2.33 bits per heavy atom. The van der Waals surface area contributed by atoms with Gasteiger partial charge in [-0.25, -0.2) is 4.98 Å². The highest BCUT2D eigenvalue weighted by molar-refractivity contribution is 7.16. The van der Waals surface area contributed by atoms with Crippen molar-refractivity contribution < 1.29 is 14.7 Å². The van der Waals surface area contributed by atoms with Crippen molar-refractivity contribution in [3.8, 4) is 11.3 Å². The van der Waals surface area contributed by atoms with Crippen LogP contribution in [0, 0.1) is 6.92 Å². The van der Waals surface area contributed by atoms with Gasteiger partial charge in [-0.05, 0) is 31.5 Å². The number of aliphatic carboxylic acids is 1. The number of carbonyl (C=O) groups is 2. The van der Waals surface area contributed by atoms with Gasteiger partial charge in [-0.2, -0.15) is 0 Å². The van der Waals surface area contributed by atoms with Crippen LogP contribution in [0.2, 0.25) is 0 Å². The highest BCUT2D eigenvalue weighted by atomic mass is 32.1. The molecule has 0 aliphatic rings. The second-order valence-electron chi connectivity index (χ2n) is 7.03. The molecule has 30 heavy (non-hydrogen) atoms. The maximum absolute atomic E-state index is 12.3. The molecule has 0 aliphatic heterocycles. The van der Waals surface area contributed by atoms with E-state index < -0.39 is 5.97 Å². The van der Waals surface area contributed by atoms with E-state index in [0.29, 0.717) is 12.1 Å². The molecule has 0 atom stereocenters. The van der Waals surface area contributed by atoms with Gasteiger partial charge in [0.05, 0.1) is 5.69 Å². The number of carboxylic acid groups (broad SMARTS) is 1. The number of aryl methyl sites for hydroxylation is 1. The molecule has 156 valence electrons. The van der Waals surface area contributed by atoms with Crippen molar-refractivity contribution in [1.29, 1.82) is 0 Å². The Labute approximate surface area is 180 Å². The lowest BCUT2D eigenvalue weighted by Gasteiger charge is -2.20. The molecule has 0 spiro atoms. The Kier molecular flexibility index (Phi) is 6.84. The SMILES string of the molecule is CCN(Cc1ccc(C(=O)N(C)CC(=O)O)cc1)c1nc(-c2ccccc2)c(C)s1. The number of hydrogen-bond acceptors (Lipinski definition) is 5. The summed E-state index contributed by atoms with van der Waals surface area (Å²) < 4.78 is 0. The van der Waals surface area contributed by atoms with E-state index in [1.165, 1.54) is 16.8 Å². The van der Waals surface area contributed by atoms with Crippen LogP contribution in [0.1, 0.15) is 27.7 Å². The highest BCUT2D eigenvalue weighted by Gasteiger charge is 2.16. The highest BCUT2D eigenvalue weighted by Crippen LogP contribution is 2.33. The van der Waals surface area contributed by atoms with Crippen molar-refractivity contribution in [2.24, 2.45) is 0 Å². The van der Waals surface area contributed by atoms with Gasteiger partial charge in [-0.3, -0.25) is 9.59 Å². The van der Waals surface area contributed by atoms with Gasteiger partial charge in [0.15, 0.2) is 5.13 Å². The predicted molar refractivity (Wildman–Crippen MR) is 120 cm³/mol. The number of carboxylic acids is 1. The minimum absolute atomic E-state index is 0.306. The fraction of sp³-hybridized carbons (Fsp3) is 0.261. The maximum Gasteiger partial charge on any atom is 0.323 e. The van der Waals surface area contributed by atoms with Gasteiger partial charge in [0.2, 0.25) is 0 Å². The number of carbonyl (C=O) groups excluding carboxylic acids is 1. The van der Waals surface area contributed by atoms with Crippen LogP contribution in [0.5, 0.6) is 0 Å². The first kappa shape index (κ1) is 21.5. The zero-order chi connectivity index (χ0) is 21.7. The molecule has 0 radical (unpaired) electrons. The first-order valence-corrected chi connectivity index (χ1v) is 10.5. The standard InChI is InChI=1S/C23H25N3O3S/c1-4-26(23-24-21(16(2)30-23)18-8-6-5-7-9-18)14-17-10-12-19(13-11-17)22(29)25(3)15-20(27)28/h5-13H,4,14-15H2,1-3H3,(H,27,28). The average Bonchev–Trinajstić information content (AvgIpc) is 3.13. The number of anilines is 1. The third-order valence-corrected chi connectivity index (χ3v) is 5.81. The number of hydrogen-bond donors (Lipinski definition) is 1. The molecule has 6 nitrogen and oxygen atoms in total. The van der Waals surface area contributed by atoms with Gasteiger partial charge in [-0.1, -0.05) is 42.5 Å². The first-order valence-electron chi connectivity index (χ1n) is 9.73. The molecule has 1 amide bonds. The number of amides is 1. The van der Waals surface area contributed by atoms with Crippen LogP contribution in [0.3, 0.4) is 0 Å². The normalized spacial score (nSPS) is 10.6. The first-order chi connectivity index (χ1) is 14.4. The number of likely N-dealkylation sites (N-methyl/N-ethyl adjacent to an activating group) is 1. The smallest absolute Gasteiger partial charge is 0.323 e. The van der Waals surface area contributed by atoms with Crippen LogP contribution >= 0.6 is 11.3 Å². The van der Waals surface area contributed by atoms with Gasteiger partial charge in [0.1, 0.15) is 6.54 Å². The number of thiazole rings is 1. The summed E-state index contributed by atoms with van der Waals surface area (Å²) in [7, 11) is 1.48. The number of aromatic nitrogens is 1. The summed E-state index contributed by atoms with van der Waals surface area (Å²) in [6, 6.07) is 17.5. The van der Waals surface area contributed by atoms with Crippen LogP contribution < -0.4 is 4.90 Å². The monoisotopic (exact) mass is 423 g/mol. The summed E-state index contributed by atoms with van der Waals surface area (Å²) in [6.45, 7) is 5.35. The summed E-state index contributed by atoms with van der Waals surface area (Å²) >= 11 is 1.68. The summed E-state index contributed by atoms with van der Waals surface area (Å²) in [6.07, 6.45) is 0. The van der Waals surface area contributed by atoms with E-state index in [2.05, 4.69) is 30.9 Å². The lowest BCUT2D eigenvalue weighted by molar-refractivity contribution is -0.137. The Bertz CT molecular complexity index is 1020. The molecule has 0 saturated carbocycles. The zero-order valence-corrected chi connectivity index (χ0v) is 18.1. The Morgan fingerprint density at radius 2 is 1.73 bits per heavy atom. The zero-order valence-electron chi connectivity index (χ0n) is 17.3. The molecular formula is C23H25N3O3S. The number of benzene rings is 2. The molecule has 1 N–H and O–H groups in total. The van der Waals surface area contributed by atoms with Crippen LogP contribution in [0.15, 0.2) is 54.6 Å². The van der Waals surface area contributed by atoms with Crippen molar-refractivity contribution >= 4 is 28.3 Å². The maximum atomic E-state index is 12.3. The molecule has 3 rings (SSSR count). The summed E-state index contributed by atoms with van der Waals surface area (Å²) in [4.78, 5) is 32.6. The molecule has 1 heterocycles. The van der Waals surface area contributed by atoms with Crippen LogP contribution in [-0.2, 0) is 11.3 Å². The molecule has 0 aliphatic carbocycles.